The Labute approximate surface area is 179 Å². The van der Waals surface area contributed by atoms with Crippen LogP contribution in [0, 0.1) is 17.0 Å². The van der Waals surface area contributed by atoms with Crippen molar-refractivity contribution in [1.82, 2.24) is 15.0 Å². The number of nitro groups is 1. The van der Waals surface area contributed by atoms with Crippen molar-refractivity contribution in [3.05, 3.63) is 70.0 Å². The largest absolute Gasteiger partial charge is 0.465 e. The van der Waals surface area contributed by atoms with Gasteiger partial charge in [0.1, 0.15) is 12.1 Å². The van der Waals surface area contributed by atoms with Gasteiger partial charge in [0.15, 0.2) is 5.13 Å². The third-order valence-electron chi connectivity index (χ3n) is 4.31. The second-order valence-electron chi connectivity index (χ2n) is 6.32. The first-order chi connectivity index (χ1) is 15.0. The first kappa shape index (κ1) is 20.2. The van der Waals surface area contributed by atoms with Crippen LogP contribution in [0.15, 0.2) is 48.8 Å². The maximum atomic E-state index is 11.8. The quantitative estimate of drug-likeness (QED) is 0.261. The molecule has 4 rings (SSSR count). The molecule has 0 aliphatic heterocycles. The van der Waals surface area contributed by atoms with E-state index in [2.05, 4.69) is 25.0 Å². The van der Waals surface area contributed by atoms with E-state index in [1.807, 2.05) is 25.1 Å². The summed E-state index contributed by atoms with van der Waals surface area (Å²) in [5.41, 5.74) is 1.70. The van der Waals surface area contributed by atoms with Crippen LogP contribution in [0.4, 0.5) is 16.6 Å². The number of methoxy groups -OCH3 is 1. The smallest absolute Gasteiger partial charge is 0.373 e. The lowest BCUT2D eigenvalue weighted by atomic mass is 10.2. The zero-order chi connectivity index (χ0) is 22.0. The minimum Gasteiger partial charge on any atom is -0.465 e. The number of anilines is 2. The Morgan fingerprint density at radius 3 is 2.61 bits per heavy atom. The van der Waals surface area contributed by atoms with Crippen molar-refractivity contribution in [2.24, 2.45) is 0 Å². The molecule has 0 atom stereocenters. The molecule has 4 aromatic rings. The standard InChI is InChI=1S/C20H15N5O5S/c1-11-4-3-5-14-15(11)23-20(31-14)24-17-16(25(27)28)18(22-10-21-17)30-13-8-6-12(7-9-13)19(26)29-2/h3-10H,1-2H3,(H,21,22,23,24). The van der Waals surface area contributed by atoms with Crippen LogP contribution >= 0.6 is 11.3 Å². The molecule has 156 valence electrons. The van der Waals surface area contributed by atoms with Gasteiger partial charge in [-0.05, 0) is 42.8 Å². The van der Waals surface area contributed by atoms with Crippen molar-refractivity contribution in [3.8, 4) is 11.6 Å². The fourth-order valence-electron chi connectivity index (χ4n) is 2.82. The predicted octanol–water partition coefficient (Wildman–Crippen LogP) is 4.63. The number of esters is 1. The highest BCUT2D eigenvalue weighted by atomic mass is 32.1. The minimum atomic E-state index is -0.626. The lowest BCUT2D eigenvalue weighted by Gasteiger charge is -2.08. The molecule has 0 saturated heterocycles. The van der Waals surface area contributed by atoms with E-state index in [1.165, 1.54) is 42.7 Å². The first-order valence-electron chi connectivity index (χ1n) is 8.95. The fraction of sp³-hybridized carbons (Fsp3) is 0.100. The van der Waals surface area contributed by atoms with Crippen LogP contribution in [0.2, 0.25) is 0 Å². The summed E-state index contributed by atoms with van der Waals surface area (Å²) in [5.74, 6) is -0.531. The van der Waals surface area contributed by atoms with Gasteiger partial charge in [0, 0.05) is 0 Å². The molecule has 0 amide bonds. The molecule has 1 N–H and O–H groups in total. The molecule has 10 nitrogen and oxygen atoms in total. The molecule has 2 aromatic carbocycles. The highest BCUT2D eigenvalue weighted by molar-refractivity contribution is 7.22. The maximum absolute atomic E-state index is 11.8. The molecule has 0 bridgehead atoms. The second kappa shape index (κ2) is 8.32. The molecule has 31 heavy (non-hydrogen) atoms. The summed E-state index contributed by atoms with van der Waals surface area (Å²) in [4.78, 5) is 35.1. The number of nitrogens with zero attached hydrogens (tertiary/aromatic N) is 4. The number of hydrogen-bond acceptors (Lipinski definition) is 10. The molecule has 0 spiro atoms. The Morgan fingerprint density at radius 2 is 1.94 bits per heavy atom. The molecular weight excluding hydrogens is 422 g/mol. The summed E-state index contributed by atoms with van der Waals surface area (Å²) in [6.07, 6.45) is 1.16. The van der Waals surface area contributed by atoms with Crippen molar-refractivity contribution in [3.63, 3.8) is 0 Å². The van der Waals surface area contributed by atoms with Crippen LogP contribution in [-0.4, -0.2) is 33.0 Å². The van der Waals surface area contributed by atoms with Crippen LogP contribution < -0.4 is 10.1 Å². The van der Waals surface area contributed by atoms with E-state index in [0.29, 0.717) is 10.7 Å². The number of nitrogens with one attached hydrogen (secondary N) is 1. The number of carbonyl (C=O) groups is 1. The number of thiazole rings is 1. The van der Waals surface area contributed by atoms with Gasteiger partial charge in [-0.15, -0.1) is 0 Å². The topological polar surface area (TPSA) is 129 Å². The molecule has 0 radical (unpaired) electrons. The summed E-state index contributed by atoms with van der Waals surface area (Å²) in [6, 6.07) is 11.7. The monoisotopic (exact) mass is 437 g/mol. The van der Waals surface area contributed by atoms with Gasteiger partial charge < -0.3 is 14.8 Å². The zero-order valence-electron chi connectivity index (χ0n) is 16.4. The number of benzene rings is 2. The second-order valence-corrected chi connectivity index (χ2v) is 7.35. The highest BCUT2D eigenvalue weighted by Gasteiger charge is 2.26. The number of rotatable bonds is 6. The molecule has 2 aromatic heterocycles. The first-order valence-corrected chi connectivity index (χ1v) is 9.76. The van der Waals surface area contributed by atoms with E-state index in [4.69, 9.17) is 4.74 Å². The van der Waals surface area contributed by atoms with E-state index < -0.39 is 16.6 Å². The van der Waals surface area contributed by atoms with E-state index in [9.17, 15) is 14.9 Å². The summed E-state index contributed by atoms with van der Waals surface area (Å²) >= 11 is 1.35. The summed E-state index contributed by atoms with van der Waals surface area (Å²) in [7, 11) is 1.28. The molecular formula is C20H15N5O5S. The number of carbonyl (C=O) groups excluding carboxylic acids is 1. The summed E-state index contributed by atoms with van der Waals surface area (Å²) in [6.45, 7) is 1.94. The number of aryl methyl sites for hydroxylation is 1. The molecule has 0 unspecified atom stereocenters. The van der Waals surface area contributed by atoms with Crippen LogP contribution in [0.1, 0.15) is 15.9 Å². The van der Waals surface area contributed by atoms with Gasteiger partial charge >= 0.3 is 17.5 Å². The SMILES string of the molecule is COC(=O)c1ccc(Oc2ncnc(Nc3nc4c(C)cccc4s3)c2[N+](=O)[O-])cc1. The van der Waals surface area contributed by atoms with Crippen LogP contribution in [-0.2, 0) is 4.74 Å². The minimum absolute atomic E-state index is 0.0436. The van der Waals surface area contributed by atoms with E-state index in [0.717, 1.165) is 22.1 Å². The van der Waals surface area contributed by atoms with Crippen molar-refractivity contribution in [2.75, 3.05) is 12.4 Å². The average Bonchev–Trinajstić information content (AvgIpc) is 3.17. The van der Waals surface area contributed by atoms with Gasteiger partial charge in [0.25, 0.3) is 0 Å². The fourth-order valence-corrected chi connectivity index (χ4v) is 3.77. The lowest BCUT2D eigenvalue weighted by molar-refractivity contribution is -0.385. The van der Waals surface area contributed by atoms with Crippen LogP contribution in [0.5, 0.6) is 11.6 Å². The van der Waals surface area contributed by atoms with Crippen molar-refractivity contribution < 1.29 is 19.2 Å². The number of para-hydroxylation sites is 1. The van der Waals surface area contributed by atoms with Gasteiger partial charge in [-0.25, -0.2) is 14.8 Å². The third kappa shape index (κ3) is 4.12. The summed E-state index contributed by atoms with van der Waals surface area (Å²) in [5, 5.41) is 15.1. The predicted molar refractivity (Wildman–Crippen MR) is 114 cm³/mol. The molecule has 11 heteroatoms. The van der Waals surface area contributed by atoms with Crippen LogP contribution in [0.25, 0.3) is 10.2 Å². The molecule has 0 aliphatic rings. The number of hydrogen-bond donors (Lipinski definition) is 1. The van der Waals surface area contributed by atoms with E-state index in [1.54, 1.807) is 0 Å². The Morgan fingerprint density at radius 1 is 1.16 bits per heavy atom. The Balaban J connectivity index is 1.65. The summed E-state index contributed by atoms with van der Waals surface area (Å²) < 4.78 is 11.2. The zero-order valence-corrected chi connectivity index (χ0v) is 17.2. The number of aromatic nitrogens is 3. The average molecular weight is 437 g/mol. The van der Waals surface area contributed by atoms with Crippen molar-refractivity contribution in [1.29, 1.82) is 0 Å². The molecule has 0 fully saturated rings. The van der Waals surface area contributed by atoms with Gasteiger partial charge in [0.2, 0.25) is 5.82 Å². The number of ether oxygens (including phenoxy) is 2. The van der Waals surface area contributed by atoms with Gasteiger partial charge in [-0.2, -0.15) is 4.98 Å². The Bertz CT molecular complexity index is 1290. The van der Waals surface area contributed by atoms with Crippen LogP contribution in [0.3, 0.4) is 0 Å². The maximum Gasteiger partial charge on any atom is 0.373 e. The van der Waals surface area contributed by atoms with E-state index in [-0.39, 0.29) is 17.4 Å². The van der Waals surface area contributed by atoms with Gasteiger partial charge in [-0.3, -0.25) is 10.1 Å². The van der Waals surface area contributed by atoms with Crippen molar-refractivity contribution >= 4 is 44.2 Å². The molecule has 2 heterocycles. The number of fused-ring (bicyclic) bond motifs is 1. The Hall–Kier alpha value is -4.12. The Kier molecular flexibility index (Phi) is 5.41. The molecule has 0 aliphatic carbocycles. The normalized spacial score (nSPS) is 10.6. The van der Waals surface area contributed by atoms with Crippen molar-refractivity contribution in [2.45, 2.75) is 6.92 Å². The van der Waals surface area contributed by atoms with Gasteiger partial charge in [-0.1, -0.05) is 23.5 Å². The van der Waals surface area contributed by atoms with E-state index >= 15 is 0 Å². The molecule has 0 saturated carbocycles. The van der Waals surface area contributed by atoms with Gasteiger partial charge in [0.05, 0.1) is 27.8 Å². The third-order valence-corrected chi connectivity index (χ3v) is 5.24. The lowest BCUT2D eigenvalue weighted by Crippen LogP contribution is -2.04. The highest BCUT2D eigenvalue weighted by Crippen LogP contribution is 2.37.